The number of anilines is 1. The Kier molecular flexibility index (Phi) is 4.27. The Bertz CT molecular complexity index is 877. The highest BCUT2D eigenvalue weighted by atomic mass is 16.1. The lowest BCUT2D eigenvalue weighted by molar-refractivity contribution is -0.112. The summed E-state index contributed by atoms with van der Waals surface area (Å²) >= 11 is 0. The van der Waals surface area contributed by atoms with Crippen molar-refractivity contribution in [2.45, 2.75) is 51.4 Å². The van der Waals surface area contributed by atoms with Gasteiger partial charge in [-0.1, -0.05) is 18.2 Å². The molecule has 26 heavy (non-hydrogen) atoms. The largest absolute Gasteiger partial charge is 0.322 e. The molecule has 0 spiro atoms. The first kappa shape index (κ1) is 16.8. The summed E-state index contributed by atoms with van der Waals surface area (Å²) in [5.41, 5.74) is 5.98. The van der Waals surface area contributed by atoms with Crippen LogP contribution in [0.15, 0.2) is 54.1 Å². The summed E-state index contributed by atoms with van der Waals surface area (Å²) in [6.45, 7) is 7.54. The van der Waals surface area contributed by atoms with E-state index in [-0.39, 0.29) is 5.91 Å². The Morgan fingerprint density at radius 3 is 2.35 bits per heavy atom. The van der Waals surface area contributed by atoms with Crippen LogP contribution in [0.1, 0.15) is 62.8 Å². The first-order valence-electron chi connectivity index (χ1n) is 9.38. The predicted octanol–water partition coefficient (Wildman–Crippen LogP) is 5.09. The number of hydrogen-bond donors (Lipinski definition) is 1. The Morgan fingerprint density at radius 2 is 1.81 bits per heavy atom. The Balaban J connectivity index is 1.56. The van der Waals surface area contributed by atoms with Crippen molar-refractivity contribution in [2.75, 3.05) is 5.32 Å². The van der Waals surface area contributed by atoms with Gasteiger partial charge in [0.2, 0.25) is 0 Å². The van der Waals surface area contributed by atoms with Crippen LogP contribution in [0.4, 0.5) is 5.69 Å². The number of amides is 1. The van der Waals surface area contributed by atoms with E-state index in [1.54, 1.807) is 6.08 Å². The highest BCUT2D eigenvalue weighted by Gasteiger charge is 2.32. The molecule has 2 aromatic rings. The molecule has 0 unspecified atom stereocenters. The third kappa shape index (κ3) is 3.36. The molecule has 1 heterocycles. The molecule has 0 atom stereocenters. The van der Waals surface area contributed by atoms with Crippen LogP contribution in [0.3, 0.4) is 0 Å². The summed E-state index contributed by atoms with van der Waals surface area (Å²) in [7, 11) is 0. The summed E-state index contributed by atoms with van der Waals surface area (Å²) in [6, 6.07) is 10.2. The highest BCUT2D eigenvalue weighted by Crippen LogP contribution is 2.45. The Labute approximate surface area is 154 Å². The smallest absolute Gasteiger partial charge is 0.255 e. The number of nitrogens with one attached hydrogen (secondary N) is 1. The van der Waals surface area contributed by atoms with Crippen molar-refractivity contribution in [1.82, 2.24) is 9.78 Å². The number of allylic oxidation sites excluding steroid dienone is 1. The molecule has 1 aromatic carbocycles. The minimum absolute atomic E-state index is 0.124. The van der Waals surface area contributed by atoms with E-state index in [1.807, 2.05) is 38.1 Å². The maximum atomic E-state index is 12.3. The van der Waals surface area contributed by atoms with E-state index in [2.05, 4.69) is 22.6 Å². The van der Waals surface area contributed by atoms with E-state index in [0.717, 1.165) is 16.9 Å². The lowest BCUT2D eigenvalue weighted by Crippen LogP contribution is -2.14. The fourth-order valence-electron chi connectivity index (χ4n) is 3.28. The van der Waals surface area contributed by atoms with E-state index in [1.165, 1.54) is 37.1 Å². The molecule has 0 saturated heterocycles. The third-order valence-corrected chi connectivity index (χ3v) is 5.10. The van der Waals surface area contributed by atoms with E-state index >= 15 is 0 Å². The van der Waals surface area contributed by atoms with Gasteiger partial charge in [0.15, 0.2) is 0 Å². The number of rotatable bonds is 6. The molecule has 4 nitrogen and oxygen atoms in total. The standard InChI is InChI=1S/C22H25N3O/c1-4-19(14(2)3)22(26)23-17-9-11-18(12-10-17)25-21(16-7-8-16)13-20(24-25)15-5-6-15/h4,9-13,15-16H,1,5-8H2,2-3H3,(H,23,26). The molecule has 4 heteroatoms. The van der Waals surface area contributed by atoms with Gasteiger partial charge in [0.25, 0.3) is 5.91 Å². The molecule has 4 rings (SSSR count). The number of aromatic nitrogens is 2. The molecular formula is C22H25N3O. The zero-order valence-electron chi connectivity index (χ0n) is 15.5. The molecule has 2 saturated carbocycles. The molecule has 1 amide bonds. The SMILES string of the molecule is C=CC(C(=O)Nc1ccc(-n2nc(C3CC3)cc2C2CC2)cc1)=C(C)C. The van der Waals surface area contributed by atoms with Crippen molar-refractivity contribution >= 4 is 11.6 Å². The minimum Gasteiger partial charge on any atom is -0.322 e. The lowest BCUT2D eigenvalue weighted by atomic mass is 10.1. The average Bonchev–Trinajstić information content (AvgIpc) is 3.54. The van der Waals surface area contributed by atoms with Crippen LogP contribution in [-0.2, 0) is 4.79 Å². The van der Waals surface area contributed by atoms with Crippen LogP contribution in [0.25, 0.3) is 5.69 Å². The van der Waals surface area contributed by atoms with Crippen molar-refractivity contribution in [3.05, 3.63) is 65.5 Å². The molecule has 0 aliphatic heterocycles. The second-order valence-electron chi connectivity index (χ2n) is 7.57. The number of nitrogens with zero attached hydrogens (tertiary/aromatic N) is 2. The fourth-order valence-corrected chi connectivity index (χ4v) is 3.28. The fraction of sp³-hybridized carbons (Fsp3) is 0.364. The van der Waals surface area contributed by atoms with Crippen LogP contribution in [0.2, 0.25) is 0 Å². The van der Waals surface area contributed by atoms with Crippen molar-refractivity contribution in [1.29, 1.82) is 0 Å². The lowest BCUT2D eigenvalue weighted by Gasteiger charge is -2.10. The van der Waals surface area contributed by atoms with Gasteiger partial charge in [0, 0.05) is 28.8 Å². The second-order valence-corrected chi connectivity index (χ2v) is 7.57. The van der Waals surface area contributed by atoms with Gasteiger partial charge < -0.3 is 5.32 Å². The normalized spacial score (nSPS) is 16.2. The maximum absolute atomic E-state index is 12.3. The van der Waals surface area contributed by atoms with Crippen LogP contribution in [0.5, 0.6) is 0 Å². The van der Waals surface area contributed by atoms with Crippen LogP contribution < -0.4 is 5.32 Å². The molecule has 134 valence electrons. The topological polar surface area (TPSA) is 46.9 Å². The second kappa shape index (κ2) is 6.60. The van der Waals surface area contributed by atoms with E-state index in [0.29, 0.717) is 17.4 Å². The third-order valence-electron chi connectivity index (χ3n) is 5.10. The molecule has 2 fully saturated rings. The Hall–Kier alpha value is -2.62. The zero-order valence-corrected chi connectivity index (χ0v) is 15.5. The van der Waals surface area contributed by atoms with Gasteiger partial charge >= 0.3 is 0 Å². The number of carbonyl (C=O) groups is 1. The number of benzene rings is 1. The van der Waals surface area contributed by atoms with E-state index in [9.17, 15) is 4.79 Å². The van der Waals surface area contributed by atoms with Gasteiger partial charge in [-0.05, 0) is 69.9 Å². The predicted molar refractivity (Wildman–Crippen MR) is 105 cm³/mol. The van der Waals surface area contributed by atoms with Crippen LogP contribution in [-0.4, -0.2) is 15.7 Å². The van der Waals surface area contributed by atoms with E-state index in [4.69, 9.17) is 5.10 Å². The van der Waals surface area contributed by atoms with Crippen molar-refractivity contribution < 1.29 is 4.79 Å². The van der Waals surface area contributed by atoms with Gasteiger partial charge in [0.1, 0.15) is 0 Å². The van der Waals surface area contributed by atoms with Gasteiger partial charge in [0.05, 0.1) is 11.4 Å². The monoisotopic (exact) mass is 347 g/mol. The van der Waals surface area contributed by atoms with Crippen LogP contribution >= 0.6 is 0 Å². The molecular weight excluding hydrogens is 322 g/mol. The molecule has 0 bridgehead atoms. The first-order chi connectivity index (χ1) is 12.6. The highest BCUT2D eigenvalue weighted by molar-refractivity contribution is 6.06. The molecule has 2 aliphatic rings. The van der Waals surface area contributed by atoms with Crippen molar-refractivity contribution in [2.24, 2.45) is 0 Å². The first-order valence-corrected chi connectivity index (χ1v) is 9.38. The molecule has 1 aromatic heterocycles. The van der Waals surface area contributed by atoms with Gasteiger partial charge in [-0.2, -0.15) is 5.10 Å². The van der Waals surface area contributed by atoms with E-state index < -0.39 is 0 Å². The summed E-state index contributed by atoms with van der Waals surface area (Å²) in [5, 5.41) is 7.81. The molecule has 1 N–H and O–H groups in total. The Morgan fingerprint density at radius 1 is 1.15 bits per heavy atom. The van der Waals surface area contributed by atoms with Gasteiger partial charge in [-0.3, -0.25) is 4.79 Å². The van der Waals surface area contributed by atoms with Crippen molar-refractivity contribution in [3.8, 4) is 5.69 Å². The summed E-state index contributed by atoms with van der Waals surface area (Å²) in [5.74, 6) is 1.19. The number of hydrogen-bond acceptors (Lipinski definition) is 2. The summed E-state index contributed by atoms with van der Waals surface area (Å²) in [6.07, 6.45) is 6.65. The molecule has 2 aliphatic carbocycles. The quantitative estimate of drug-likeness (QED) is 0.584. The van der Waals surface area contributed by atoms with Crippen LogP contribution in [0, 0.1) is 0 Å². The maximum Gasteiger partial charge on any atom is 0.255 e. The summed E-state index contributed by atoms with van der Waals surface area (Å²) in [4.78, 5) is 12.3. The van der Waals surface area contributed by atoms with Gasteiger partial charge in [-0.25, -0.2) is 4.68 Å². The minimum atomic E-state index is -0.124. The number of carbonyl (C=O) groups excluding carboxylic acids is 1. The van der Waals surface area contributed by atoms with Gasteiger partial charge in [-0.15, -0.1) is 0 Å². The zero-order chi connectivity index (χ0) is 18.3. The van der Waals surface area contributed by atoms with Crippen molar-refractivity contribution in [3.63, 3.8) is 0 Å². The summed E-state index contributed by atoms with van der Waals surface area (Å²) < 4.78 is 2.10. The average molecular weight is 347 g/mol. The molecule has 0 radical (unpaired) electrons.